The maximum absolute atomic E-state index is 12.1. The van der Waals surface area contributed by atoms with E-state index >= 15 is 0 Å². The molecular formula is C21H41NO6. The molecule has 1 N–H and O–H groups in total. The number of nitrogens with one attached hydrogen (secondary N) is 1. The lowest BCUT2D eigenvalue weighted by atomic mass is 10.1. The lowest BCUT2D eigenvalue weighted by Crippen LogP contribution is -2.42. The number of esters is 1. The Kier molecular flexibility index (Phi) is 13.1. The second-order valence-corrected chi connectivity index (χ2v) is 8.91. The van der Waals surface area contributed by atoms with Crippen LogP contribution in [0.1, 0.15) is 80.6 Å². The molecule has 7 heteroatoms. The normalized spacial score (nSPS) is 13.1. The van der Waals surface area contributed by atoms with Gasteiger partial charge < -0.3 is 24.3 Å². The lowest BCUT2D eigenvalue weighted by Gasteiger charge is -2.24. The largest absolute Gasteiger partial charge is 0.458 e. The fourth-order valence-corrected chi connectivity index (χ4v) is 2.27. The van der Waals surface area contributed by atoms with E-state index in [2.05, 4.69) is 12.2 Å². The van der Waals surface area contributed by atoms with Crippen LogP contribution >= 0.6 is 0 Å². The standard InChI is InChI=1S/C21H41NO6/c1-8-9-13-25-14-11-10-12-17(22-19(24)28-21(5,6)7)15-26-16-18(23)27-20(2,3)4/h17H,8-16H2,1-7H3,(H,22,24)/t17-/m0/s1. The van der Waals surface area contributed by atoms with E-state index < -0.39 is 23.3 Å². The summed E-state index contributed by atoms with van der Waals surface area (Å²) in [6.45, 7) is 14.6. The summed E-state index contributed by atoms with van der Waals surface area (Å²) in [5, 5.41) is 2.83. The van der Waals surface area contributed by atoms with Crippen LogP contribution in [0.15, 0.2) is 0 Å². The number of rotatable bonds is 13. The van der Waals surface area contributed by atoms with E-state index in [0.717, 1.165) is 32.3 Å². The molecule has 0 bridgehead atoms. The Hall–Kier alpha value is -1.34. The minimum atomic E-state index is -0.570. The molecule has 0 fully saturated rings. The molecule has 0 aliphatic carbocycles. The average molecular weight is 404 g/mol. The molecular weight excluding hydrogens is 362 g/mol. The fourth-order valence-electron chi connectivity index (χ4n) is 2.27. The predicted octanol–water partition coefficient (Wildman–Crippen LogP) is 4.23. The van der Waals surface area contributed by atoms with Crippen molar-refractivity contribution in [3.05, 3.63) is 0 Å². The van der Waals surface area contributed by atoms with E-state index in [-0.39, 0.29) is 19.3 Å². The molecule has 0 radical (unpaired) electrons. The van der Waals surface area contributed by atoms with Crippen molar-refractivity contribution in [2.45, 2.75) is 97.8 Å². The van der Waals surface area contributed by atoms with Crippen molar-refractivity contribution in [3.63, 3.8) is 0 Å². The predicted molar refractivity (Wildman–Crippen MR) is 109 cm³/mol. The first-order valence-electron chi connectivity index (χ1n) is 10.3. The van der Waals surface area contributed by atoms with Gasteiger partial charge in [-0.2, -0.15) is 0 Å². The molecule has 0 aromatic carbocycles. The molecule has 166 valence electrons. The van der Waals surface area contributed by atoms with Crippen molar-refractivity contribution in [1.82, 2.24) is 5.32 Å². The smallest absolute Gasteiger partial charge is 0.407 e. The van der Waals surface area contributed by atoms with Gasteiger partial charge in [0.25, 0.3) is 0 Å². The minimum absolute atomic E-state index is 0.149. The molecule has 1 amide bonds. The maximum atomic E-state index is 12.1. The number of carbonyl (C=O) groups is 2. The highest BCUT2D eigenvalue weighted by Crippen LogP contribution is 2.10. The van der Waals surface area contributed by atoms with Crippen molar-refractivity contribution in [1.29, 1.82) is 0 Å². The first kappa shape index (κ1) is 26.7. The van der Waals surface area contributed by atoms with E-state index in [0.29, 0.717) is 13.0 Å². The van der Waals surface area contributed by atoms with Gasteiger partial charge in [-0.25, -0.2) is 9.59 Å². The summed E-state index contributed by atoms with van der Waals surface area (Å²) >= 11 is 0. The van der Waals surface area contributed by atoms with Crippen LogP contribution in [0.5, 0.6) is 0 Å². The van der Waals surface area contributed by atoms with Crippen LogP contribution in [0.2, 0.25) is 0 Å². The van der Waals surface area contributed by atoms with Crippen molar-refractivity contribution in [2.75, 3.05) is 26.4 Å². The van der Waals surface area contributed by atoms with Crippen LogP contribution in [0.3, 0.4) is 0 Å². The number of hydrogen-bond acceptors (Lipinski definition) is 6. The van der Waals surface area contributed by atoms with E-state index in [1.165, 1.54) is 0 Å². The Bertz CT molecular complexity index is 439. The van der Waals surface area contributed by atoms with Crippen LogP contribution in [-0.4, -0.2) is 55.7 Å². The van der Waals surface area contributed by atoms with Crippen LogP contribution in [0, 0.1) is 0 Å². The molecule has 0 saturated heterocycles. The quantitative estimate of drug-likeness (QED) is 0.366. The van der Waals surface area contributed by atoms with Crippen LogP contribution in [0.4, 0.5) is 4.79 Å². The molecule has 0 aromatic heterocycles. The van der Waals surface area contributed by atoms with Gasteiger partial charge >= 0.3 is 12.1 Å². The van der Waals surface area contributed by atoms with Gasteiger partial charge in [-0.15, -0.1) is 0 Å². The van der Waals surface area contributed by atoms with Gasteiger partial charge in [0.1, 0.15) is 17.8 Å². The van der Waals surface area contributed by atoms with Gasteiger partial charge in [-0.1, -0.05) is 13.3 Å². The Morgan fingerprint density at radius 1 is 0.857 bits per heavy atom. The number of ether oxygens (including phenoxy) is 4. The number of hydrogen-bond donors (Lipinski definition) is 1. The van der Waals surface area contributed by atoms with E-state index in [1.54, 1.807) is 20.8 Å². The molecule has 0 spiro atoms. The monoisotopic (exact) mass is 403 g/mol. The van der Waals surface area contributed by atoms with Gasteiger partial charge in [0.2, 0.25) is 0 Å². The molecule has 0 rings (SSSR count). The number of amides is 1. The zero-order valence-corrected chi connectivity index (χ0v) is 18.9. The zero-order chi connectivity index (χ0) is 21.6. The average Bonchev–Trinajstić information content (AvgIpc) is 2.50. The molecule has 7 nitrogen and oxygen atoms in total. The third kappa shape index (κ3) is 18.0. The Labute approximate surface area is 170 Å². The third-order valence-electron chi connectivity index (χ3n) is 3.41. The first-order chi connectivity index (χ1) is 12.9. The molecule has 0 unspecified atom stereocenters. The lowest BCUT2D eigenvalue weighted by molar-refractivity contribution is -0.160. The summed E-state index contributed by atoms with van der Waals surface area (Å²) in [5.74, 6) is -0.423. The van der Waals surface area contributed by atoms with Crippen molar-refractivity contribution < 1.29 is 28.5 Å². The molecule has 0 heterocycles. The summed E-state index contributed by atoms with van der Waals surface area (Å²) in [5.41, 5.74) is -1.12. The molecule has 1 atom stereocenters. The number of carbonyl (C=O) groups excluding carboxylic acids is 2. The highest BCUT2D eigenvalue weighted by atomic mass is 16.6. The molecule has 0 aromatic rings. The van der Waals surface area contributed by atoms with Crippen LogP contribution in [-0.2, 0) is 23.7 Å². The molecule has 0 saturated carbocycles. The first-order valence-corrected chi connectivity index (χ1v) is 10.3. The highest BCUT2D eigenvalue weighted by molar-refractivity contribution is 5.71. The summed E-state index contributed by atoms with van der Waals surface area (Å²) < 4.78 is 21.6. The van der Waals surface area contributed by atoms with Crippen LogP contribution in [0.25, 0.3) is 0 Å². The zero-order valence-electron chi connectivity index (χ0n) is 18.9. The van der Waals surface area contributed by atoms with E-state index in [1.807, 2.05) is 20.8 Å². The Morgan fingerprint density at radius 3 is 2.04 bits per heavy atom. The van der Waals surface area contributed by atoms with Gasteiger partial charge in [0.05, 0.1) is 12.6 Å². The maximum Gasteiger partial charge on any atom is 0.407 e. The fraction of sp³-hybridized carbons (Fsp3) is 0.905. The molecule has 0 aliphatic rings. The second kappa shape index (κ2) is 13.8. The van der Waals surface area contributed by atoms with E-state index in [4.69, 9.17) is 18.9 Å². The highest BCUT2D eigenvalue weighted by Gasteiger charge is 2.21. The summed E-state index contributed by atoms with van der Waals surface area (Å²) in [4.78, 5) is 23.8. The Balaban J connectivity index is 4.35. The van der Waals surface area contributed by atoms with Gasteiger partial charge in [-0.3, -0.25) is 0 Å². The van der Waals surface area contributed by atoms with Gasteiger partial charge in [0, 0.05) is 13.2 Å². The summed E-state index contributed by atoms with van der Waals surface area (Å²) in [6, 6.07) is -0.243. The topological polar surface area (TPSA) is 83.1 Å². The van der Waals surface area contributed by atoms with Crippen LogP contribution < -0.4 is 5.32 Å². The minimum Gasteiger partial charge on any atom is -0.458 e. The number of unbranched alkanes of at least 4 members (excludes halogenated alkanes) is 2. The summed E-state index contributed by atoms with van der Waals surface area (Å²) in [6.07, 6.45) is 4.20. The second-order valence-electron chi connectivity index (χ2n) is 8.91. The van der Waals surface area contributed by atoms with Crippen molar-refractivity contribution in [2.24, 2.45) is 0 Å². The SMILES string of the molecule is CCCCOCCCC[C@@H](COCC(=O)OC(C)(C)C)NC(=O)OC(C)(C)C. The molecule has 0 aliphatic heterocycles. The number of alkyl carbamates (subject to hydrolysis) is 1. The van der Waals surface area contributed by atoms with Gasteiger partial charge in [0.15, 0.2) is 0 Å². The molecule has 28 heavy (non-hydrogen) atoms. The van der Waals surface area contributed by atoms with Crippen molar-refractivity contribution in [3.8, 4) is 0 Å². The van der Waals surface area contributed by atoms with Crippen molar-refractivity contribution >= 4 is 12.1 Å². The summed E-state index contributed by atoms with van der Waals surface area (Å²) in [7, 11) is 0. The Morgan fingerprint density at radius 2 is 1.46 bits per heavy atom. The van der Waals surface area contributed by atoms with Gasteiger partial charge in [-0.05, 0) is 67.2 Å². The van der Waals surface area contributed by atoms with E-state index in [9.17, 15) is 9.59 Å². The third-order valence-corrected chi connectivity index (χ3v) is 3.41.